The number of nitrogens with zero attached hydrogens (tertiary/aromatic N) is 1. The van der Waals surface area contributed by atoms with Gasteiger partial charge in [0.05, 0.1) is 7.11 Å². The zero-order chi connectivity index (χ0) is 21.2. The van der Waals surface area contributed by atoms with Gasteiger partial charge in [-0.2, -0.15) is 0 Å². The van der Waals surface area contributed by atoms with Crippen LogP contribution < -0.4 is 14.8 Å². The van der Waals surface area contributed by atoms with E-state index in [1.807, 2.05) is 45.0 Å². The first kappa shape index (κ1) is 22.3. The molecule has 0 radical (unpaired) electrons. The van der Waals surface area contributed by atoms with E-state index in [0.29, 0.717) is 31.0 Å². The van der Waals surface area contributed by atoms with E-state index in [-0.39, 0.29) is 18.4 Å². The Hall–Kier alpha value is -3.02. The highest BCUT2D eigenvalue weighted by atomic mass is 16.5. The summed E-state index contributed by atoms with van der Waals surface area (Å²) in [7, 11) is 1.59. The zero-order valence-electron chi connectivity index (χ0n) is 17.6. The number of rotatable bonds is 10. The van der Waals surface area contributed by atoms with E-state index in [9.17, 15) is 9.59 Å². The van der Waals surface area contributed by atoms with Crippen molar-refractivity contribution in [2.45, 2.75) is 39.8 Å². The van der Waals surface area contributed by atoms with Crippen molar-refractivity contribution in [1.29, 1.82) is 0 Å². The Morgan fingerprint density at radius 1 is 1.03 bits per heavy atom. The third kappa shape index (κ3) is 6.24. The second-order valence-corrected chi connectivity index (χ2v) is 6.73. The Labute approximate surface area is 172 Å². The van der Waals surface area contributed by atoms with Gasteiger partial charge in [0.15, 0.2) is 6.61 Å². The normalized spacial score (nSPS) is 11.4. The first-order valence-electron chi connectivity index (χ1n) is 9.88. The molecule has 0 aromatic heterocycles. The van der Waals surface area contributed by atoms with Crippen LogP contribution in [0, 0.1) is 6.92 Å². The van der Waals surface area contributed by atoms with Gasteiger partial charge in [-0.3, -0.25) is 9.59 Å². The molecular formula is C23H30N2O4. The Kier molecular flexibility index (Phi) is 8.52. The van der Waals surface area contributed by atoms with Gasteiger partial charge in [-0.25, -0.2) is 0 Å². The molecule has 29 heavy (non-hydrogen) atoms. The lowest BCUT2D eigenvalue weighted by Gasteiger charge is -2.31. The standard InChI is InChI=1S/C23H30N2O4/c1-5-21(23(27)24-6-2)25(15-18-10-8-7-9-17(18)3)22(26)16-29-20-13-11-19(28-4)12-14-20/h7-14,21H,5-6,15-16H2,1-4H3,(H,24,27)/t21-/m0/s1. The molecular weight excluding hydrogens is 368 g/mol. The molecule has 0 saturated heterocycles. The second-order valence-electron chi connectivity index (χ2n) is 6.73. The summed E-state index contributed by atoms with van der Waals surface area (Å²) in [5.74, 6) is 0.900. The molecule has 0 saturated carbocycles. The minimum absolute atomic E-state index is 0.145. The first-order chi connectivity index (χ1) is 14.0. The van der Waals surface area contributed by atoms with Crippen LogP contribution >= 0.6 is 0 Å². The van der Waals surface area contributed by atoms with Crippen molar-refractivity contribution in [2.75, 3.05) is 20.3 Å². The molecule has 2 amide bonds. The fourth-order valence-corrected chi connectivity index (χ4v) is 3.08. The van der Waals surface area contributed by atoms with Crippen LogP contribution in [0.5, 0.6) is 11.5 Å². The van der Waals surface area contributed by atoms with Gasteiger partial charge in [0.25, 0.3) is 5.91 Å². The first-order valence-corrected chi connectivity index (χ1v) is 9.88. The fraction of sp³-hybridized carbons (Fsp3) is 0.391. The van der Waals surface area contributed by atoms with Crippen LogP contribution in [0.4, 0.5) is 0 Å². The third-order valence-corrected chi connectivity index (χ3v) is 4.76. The molecule has 0 aliphatic carbocycles. The van der Waals surface area contributed by atoms with Gasteiger partial charge in [0, 0.05) is 13.1 Å². The lowest BCUT2D eigenvalue weighted by Crippen LogP contribution is -2.50. The number of carbonyl (C=O) groups is 2. The summed E-state index contributed by atoms with van der Waals surface area (Å²) in [4.78, 5) is 27.2. The highest BCUT2D eigenvalue weighted by molar-refractivity contribution is 5.88. The highest BCUT2D eigenvalue weighted by Crippen LogP contribution is 2.19. The summed E-state index contributed by atoms with van der Waals surface area (Å²) in [5.41, 5.74) is 2.08. The van der Waals surface area contributed by atoms with E-state index >= 15 is 0 Å². The summed E-state index contributed by atoms with van der Waals surface area (Å²) in [5, 5.41) is 2.83. The van der Waals surface area contributed by atoms with E-state index in [4.69, 9.17) is 9.47 Å². The lowest BCUT2D eigenvalue weighted by atomic mass is 10.1. The van der Waals surface area contributed by atoms with Crippen LogP contribution in [-0.2, 0) is 16.1 Å². The molecule has 0 bridgehead atoms. The van der Waals surface area contributed by atoms with Gasteiger partial charge >= 0.3 is 0 Å². The minimum atomic E-state index is -0.554. The summed E-state index contributed by atoms with van der Waals surface area (Å²) < 4.78 is 10.8. The molecule has 0 heterocycles. The maximum Gasteiger partial charge on any atom is 0.261 e. The van der Waals surface area contributed by atoms with E-state index in [2.05, 4.69) is 5.32 Å². The topological polar surface area (TPSA) is 67.9 Å². The van der Waals surface area contributed by atoms with Crippen molar-refractivity contribution in [3.8, 4) is 11.5 Å². The average Bonchev–Trinajstić information content (AvgIpc) is 2.73. The van der Waals surface area contributed by atoms with E-state index in [1.165, 1.54) is 0 Å². The number of carbonyl (C=O) groups excluding carboxylic acids is 2. The maximum atomic E-state index is 13.1. The molecule has 1 N–H and O–H groups in total. The summed E-state index contributed by atoms with van der Waals surface area (Å²) in [6.07, 6.45) is 0.520. The Morgan fingerprint density at radius 2 is 1.69 bits per heavy atom. The Bertz CT molecular complexity index is 805. The SMILES string of the molecule is CCNC(=O)[C@H](CC)N(Cc1ccccc1C)C(=O)COc1ccc(OC)cc1. The molecule has 2 aromatic rings. The molecule has 0 unspecified atom stereocenters. The average molecular weight is 399 g/mol. The molecule has 0 fully saturated rings. The Morgan fingerprint density at radius 3 is 2.28 bits per heavy atom. The lowest BCUT2D eigenvalue weighted by molar-refractivity contribution is -0.142. The van der Waals surface area contributed by atoms with Crippen molar-refractivity contribution in [2.24, 2.45) is 0 Å². The molecule has 0 aliphatic heterocycles. The number of benzene rings is 2. The van der Waals surface area contributed by atoms with Gasteiger partial charge in [-0.15, -0.1) is 0 Å². The molecule has 156 valence electrons. The van der Waals surface area contributed by atoms with Crippen LogP contribution in [0.15, 0.2) is 48.5 Å². The van der Waals surface area contributed by atoms with Crippen LogP contribution in [0.2, 0.25) is 0 Å². The molecule has 2 aromatic carbocycles. The monoisotopic (exact) mass is 398 g/mol. The number of hydrogen-bond donors (Lipinski definition) is 1. The van der Waals surface area contributed by atoms with Gasteiger partial charge in [0.2, 0.25) is 5.91 Å². The van der Waals surface area contributed by atoms with Crippen molar-refractivity contribution in [3.05, 3.63) is 59.7 Å². The zero-order valence-corrected chi connectivity index (χ0v) is 17.6. The van der Waals surface area contributed by atoms with E-state index in [0.717, 1.165) is 11.1 Å². The number of likely N-dealkylation sites (N-methyl/N-ethyl adjacent to an activating group) is 1. The summed E-state index contributed by atoms with van der Waals surface area (Å²) in [6, 6.07) is 14.4. The fourth-order valence-electron chi connectivity index (χ4n) is 3.08. The molecule has 6 heteroatoms. The minimum Gasteiger partial charge on any atom is -0.497 e. The van der Waals surface area contributed by atoms with E-state index in [1.54, 1.807) is 36.3 Å². The molecule has 1 atom stereocenters. The summed E-state index contributed by atoms with van der Waals surface area (Å²) in [6.45, 7) is 6.50. The smallest absolute Gasteiger partial charge is 0.261 e. The van der Waals surface area contributed by atoms with Crippen LogP contribution in [0.1, 0.15) is 31.4 Å². The highest BCUT2D eigenvalue weighted by Gasteiger charge is 2.28. The summed E-state index contributed by atoms with van der Waals surface area (Å²) >= 11 is 0. The second kappa shape index (κ2) is 11.1. The molecule has 2 rings (SSSR count). The van der Waals surface area contributed by atoms with Crippen molar-refractivity contribution < 1.29 is 19.1 Å². The van der Waals surface area contributed by atoms with Crippen molar-refractivity contribution >= 4 is 11.8 Å². The number of hydrogen-bond acceptors (Lipinski definition) is 4. The molecule has 0 aliphatic rings. The van der Waals surface area contributed by atoms with Crippen LogP contribution in [-0.4, -0.2) is 43.0 Å². The van der Waals surface area contributed by atoms with Crippen LogP contribution in [0.3, 0.4) is 0 Å². The van der Waals surface area contributed by atoms with E-state index < -0.39 is 6.04 Å². The third-order valence-electron chi connectivity index (χ3n) is 4.76. The largest absolute Gasteiger partial charge is 0.497 e. The predicted molar refractivity (Wildman–Crippen MR) is 113 cm³/mol. The Balaban J connectivity index is 2.18. The number of nitrogens with one attached hydrogen (secondary N) is 1. The number of amides is 2. The number of ether oxygens (including phenoxy) is 2. The molecule has 0 spiro atoms. The maximum absolute atomic E-state index is 13.1. The quantitative estimate of drug-likeness (QED) is 0.667. The van der Waals surface area contributed by atoms with Gasteiger partial charge < -0.3 is 19.7 Å². The predicted octanol–water partition coefficient (Wildman–Crippen LogP) is 3.33. The van der Waals surface area contributed by atoms with Gasteiger partial charge in [-0.1, -0.05) is 31.2 Å². The van der Waals surface area contributed by atoms with Crippen molar-refractivity contribution in [3.63, 3.8) is 0 Å². The van der Waals surface area contributed by atoms with Crippen molar-refractivity contribution in [1.82, 2.24) is 10.2 Å². The number of aryl methyl sites for hydroxylation is 1. The molecule has 6 nitrogen and oxygen atoms in total. The van der Waals surface area contributed by atoms with Gasteiger partial charge in [-0.05, 0) is 55.7 Å². The van der Waals surface area contributed by atoms with Gasteiger partial charge in [0.1, 0.15) is 17.5 Å². The number of methoxy groups -OCH3 is 1. The van der Waals surface area contributed by atoms with Crippen LogP contribution in [0.25, 0.3) is 0 Å².